The van der Waals surface area contributed by atoms with Crippen LogP contribution in [0.15, 0.2) is 11.6 Å². The SMILES string of the molecule is CC(C)(NCCCS(C)(=O)=O)c1nccs1. The Labute approximate surface area is 101 Å². The van der Waals surface area contributed by atoms with Gasteiger partial charge < -0.3 is 5.32 Å². The third kappa shape index (κ3) is 4.59. The lowest BCUT2D eigenvalue weighted by Crippen LogP contribution is -2.37. The Bertz CT molecular complexity index is 410. The van der Waals surface area contributed by atoms with E-state index in [1.54, 1.807) is 17.5 Å². The van der Waals surface area contributed by atoms with Crippen molar-refractivity contribution in [2.75, 3.05) is 18.6 Å². The molecular formula is C10H18N2O2S2. The van der Waals surface area contributed by atoms with E-state index in [9.17, 15) is 8.42 Å². The van der Waals surface area contributed by atoms with Gasteiger partial charge >= 0.3 is 0 Å². The number of hydrogen-bond acceptors (Lipinski definition) is 5. The lowest BCUT2D eigenvalue weighted by Gasteiger charge is -2.23. The summed E-state index contributed by atoms with van der Waals surface area (Å²) in [6.07, 6.45) is 3.67. The fourth-order valence-electron chi connectivity index (χ4n) is 1.34. The predicted molar refractivity (Wildman–Crippen MR) is 67.5 cm³/mol. The van der Waals surface area contributed by atoms with Crippen LogP contribution in [-0.2, 0) is 15.4 Å². The topological polar surface area (TPSA) is 59.1 Å². The first-order valence-corrected chi connectivity index (χ1v) is 8.08. The Balaban J connectivity index is 2.38. The standard InChI is InChI=1S/C10H18N2O2S2/c1-10(2,9-11-6-7-15-9)12-5-4-8-16(3,13)14/h6-7,12H,4-5,8H2,1-3H3. The quantitative estimate of drug-likeness (QED) is 0.787. The second-order valence-electron chi connectivity index (χ2n) is 4.37. The van der Waals surface area contributed by atoms with Crippen LogP contribution in [0.25, 0.3) is 0 Å². The molecule has 0 spiro atoms. The van der Waals surface area contributed by atoms with Crippen LogP contribution in [0.5, 0.6) is 0 Å². The van der Waals surface area contributed by atoms with Crippen molar-refractivity contribution in [1.29, 1.82) is 0 Å². The molecule has 0 saturated carbocycles. The van der Waals surface area contributed by atoms with Gasteiger partial charge in [-0.15, -0.1) is 11.3 Å². The Hall–Kier alpha value is -0.460. The summed E-state index contributed by atoms with van der Waals surface area (Å²) < 4.78 is 21.9. The molecule has 0 aliphatic heterocycles. The third-order valence-electron chi connectivity index (χ3n) is 2.23. The van der Waals surface area contributed by atoms with E-state index in [0.29, 0.717) is 13.0 Å². The number of sulfone groups is 1. The van der Waals surface area contributed by atoms with E-state index >= 15 is 0 Å². The molecule has 0 bridgehead atoms. The van der Waals surface area contributed by atoms with Gasteiger partial charge in [0.05, 0.1) is 11.3 Å². The lowest BCUT2D eigenvalue weighted by atomic mass is 10.1. The minimum absolute atomic E-state index is 0.189. The fourth-order valence-corrected chi connectivity index (χ4v) is 2.75. The van der Waals surface area contributed by atoms with Crippen molar-refractivity contribution in [3.63, 3.8) is 0 Å². The van der Waals surface area contributed by atoms with E-state index < -0.39 is 9.84 Å². The van der Waals surface area contributed by atoms with Crippen molar-refractivity contribution in [2.24, 2.45) is 0 Å². The molecule has 4 nitrogen and oxygen atoms in total. The Morgan fingerprint density at radius 1 is 1.50 bits per heavy atom. The van der Waals surface area contributed by atoms with Crippen LogP contribution in [0.4, 0.5) is 0 Å². The summed E-state index contributed by atoms with van der Waals surface area (Å²) in [5.74, 6) is 0.230. The van der Waals surface area contributed by atoms with Gasteiger partial charge in [0.25, 0.3) is 0 Å². The van der Waals surface area contributed by atoms with Crippen LogP contribution in [-0.4, -0.2) is 32.0 Å². The number of aromatic nitrogens is 1. The molecular weight excluding hydrogens is 244 g/mol. The molecule has 0 atom stereocenters. The molecule has 16 heavy (non-hydrogen) atoms. The maximum atomic E-state index is 10.9. The van der Waals surface area contributed by atoms with Gasteiger partial charge in [-0.05, 0) is 26.8 Å². The first-order valence-electron chi connectivity index (χ1n) is 5.14. The highest BCUT2D eigenvalue weighted by Crippen LogP contribution is 2.21. The average molecular weight is 262 g/mol. The maximum Gasteiger partial charge on any atom is 0.147 e. The molecule has 0 aliphatic carbocycles. The molecule has 0 aromatic carbocycles. The monoisotopic (exact) mass is 262 g/mol. The van der Waals surface area contributed by atoms with E-state index in [1.165, 1.54) is 6.26 Å². The summed E-state index contributed by atoms with van der Waals surface area (Å²) in [4.78, 5) is 4.25. The number of rotatable bonds is 6. The van der Waals surface area contributed by atoms with Crippen LogP contribution < -0.4 is 5.32 Å². The molecule has 1 rings (SSSR count). The summed E-state index contributed by atoms with van der Waals surface area (Å²) in [6.45, 7) is 4.78. The van der Waals surface area contributed by atoms with E-state index in [-0.39, 0.29) is 11.3 Å². The Morgan fingerprint density at radius 3 is 2.69 bits per heavy atom. The van der Waals surface area contributed by atoms with Crippen molar-refractivity contribution < 1.29 is 8.42 Å². The van der Waals surface area contributed by atoms with Gasteiger partial charge in [0, 0.05) is 17.8 Å². The molecule has 0 amide bonds. The van der Waals surface area contributed by atoms with Crippen LogP contribution in [0.1, 0.15) is 25.3 Å². The van der Waals surface area contributed by atoms with Gasteiger partial charge in [-0.3, -0.25) is 0 Å². The number of thiazole rings is 1. The number of hydrogen-bond donors (Lipinski definition) is 1. The molecule has 0 saturated heterocycles. The molecule has 0 radical (unpaired) electrons. The summed E-state index contributed by atoms with van der Waals surface area (Å²) in [7, 11) is -2.85. The van der Waals surface area contributed by atoms with E-state index in [0.717, 1.165) is 5.01 Å². The zero-order chi connectivity index (χ0) is 12.2. The van der Waals surface area contributed by atoms with E-state index in [4.69, 9.17) is 0 Å². The summed E-state index contributed by atoms with van der Waals surface area (Å²) >= 11 is 1.60. The van der Waals surface area contributed by atoms with Crippen LogP contribution in [0.2, 0.25) is 0 Å². The van der Waals surface area contributed by atoms with Gasteiger partial charge in [-0.25, -0.2) is 13.4 Å². The van der Waals surface area contributed by atoms with Crippen LogP contribution in [0, 0.1) is 0 Å². The fraction of sp³-hybridized carbons (Fsp3) is 0.700. The lowest BCUT2D eigenvalue weighted by molar-refractivity contribution is 0.402. The van der Waals surface area contributed by atoms with Crippen molar-refractivity contribution in [3.8, 4) is 0 Å². The molecule has 0 aliphatic rings. The van der Waals surface area contributed by atoms with Gasteiger partial charge in [-0.2, -0.15) is 0 Å². The van der Waals surface area contributed by atoms with Crippen molar-refractivity contribution >= 4 is 21.2 Å². The van der Waals surface area contributed by atoms with Gasteiger partial charge in [0.15, 0.2) is 0 Å². The molecule has 1 N–H and O–H groups in total. The summed E-state index contributed by atoms with van der Waals surface area (Å²) in [5.41, 5.74) is -0.189. The minimum atomic E-state index is -2.85. The average Bonchev–Trinajstić information content (AvgIpc) is 2.64. The largest absolute Gasteiger partial charge is 0.306 e. The van der Waals surface area contributed by atoms with Crippen molar-refractivity contribution in [2.45, 2.75) is 25.8 Å². The Kier molecular flexibility index (Phi) is 4.46. The highest BCUT2D eigenvalue weighted by atomic mass is 32.2. The number of nitrogens with zero attached hydrogens (tertiary/aromatic N) is 1. The predicted octanol–water partition coefficient (Wildman–Crippen LogP) is 1.40. The van der Waals surface area contributed by atoms with Crippen LogP contribution >= 0.6 is 11.3 Å². The molecule has 0 fully saturated rings. The molecule has 1 heterocycles. The normalized spacial score (nSPS) is 12.9. The van der Waals surface area contributed by atoms with Gasteiger partial charge in [-0.1, -0.05) is 0 Å². The molecule has 1 aromatic heterocycles. The molecule has 92 valence electrons. The second kappa shape index (κ2) is 5.25. The van der Waals surface area contributed by atoms with E-state index in [1.807, 2.05) is 19.2 Å². The summed E-state index contributed by atoms with van der Waals surface area (Å²) in [5, 5.41) is 6.28. The zero-order valence-electron chi connectivity index (χ0n) is 9.86. The first-order chi connectivity index (χ1) is 7.31. The van der Waals surface area contributed by atoms with Gasteiger partial charge in [0.1, 0.15) is 14.8 Å². The highest BCUT2D eigenvalue weighted by Gasteiger charge is 2.21. The smallest absolute Gasteiger partial charge is 0.147 e. The van der Waals surface area contributed by atoms with E-state index in [2.05, 4.69) is 10.3 Å². The third-order valence-corrected chi connectivity index (χ3v) is 4.35. The van der Waals surface area contributed by atoms with Crippen LogP contribution in [0.3, 0.4) is 0 Å². The van der Waals surface area contributed by atoms with Gasteiger partial charge in [0.2, 0.25) is 0 Å². The maximum absolute atomic E-state index is 10.9. The molecule has 6 heteroatoms. The first kappa shape index (κ1) is 13.6. The van der Waals surface area contributed by atoms with Crippen molar-refractivity contribution in [3.05, 3.63) is 16.6 Å². The minimum Gasteiger partial charge on any atom is -0.306 e. The Morgan fingerprint density at radius 2 is 2.19 bits per heavy atom. The number of nitrogens with one attached hydrogen (secondary N) is 1. The van der Waals surface area contributed by atoms with Crippen molar-refractivity contribution in [1.82, 2.24) is 10.3 Å². The zero-order valence-corrected chi connectivity index (χ0v) is 11.5. The second-order valence-corrected chi connectivity index (χ2v) is 7.53. The molecule has 0 unspecified atom stereocenters. The molecule has 1 aromatic rings. The summed E-state index contributed by atoms with van der Waals surface area (Å²) in [6, 6.07) is 0. The highest BCUT2D eigenvalue weighted by molar-refractivity contribution is 7.90.